The lowest BCUT2D eigenvalue weighted by atomic mass is 10.3. The first kappa shape index (κ1) is 14.2. The standard InChI is InChI=1S/C14H13NO4S/c1-18-12-9-14(20-10-6-4-3-5-7-10)13(19-2)8-11(12)15(16)17/h3-9H,1-2H3. The molecule has 5 nitrogen and oxygen atoms in total. The number of methoxy groups -OCH3 is 2. The molecule has 0 bridgehead atoms. The van der Waals surface area contributed by atoms with Crippen molar-refractivity contribution < 1.29 is 14.4 Å². The van der Waals surface area contributed by atoms with Crippen LogP contribution in [0.5, 0.6) is 11.5 Å². The van der Waals surface area contributed by atoms with Crippen molar-refractivity contribution in [3.05, 3.63) is 52.6 Å². The van der Waals surface area contributed by atoms with Crippen LogP contribution in [0.3, 0.4) is 0 Å². The molecule has 0 aliphatic heterocycles. The van der Waals surface area contributed by atoms with E-state index >= 15 is 0 Å². The van der Waals surface area contributed by atoms with Crippen LogP contribution >= 0.6 is 11.8 Å². The van der Waals surface area contributed by atoms with E-state index in [0.29, 0.717) is 5.75 Å². The van der Waals surface area contributed by atoms with Gasteiger partial charge in [-0.15, -0.1) is 0 Å². The van der Waals surface area contributed by atoms with Crippen molar-refractivity contribution in [3.8, 4) is 11.5 Å². The molecule has 0 fully saturated rings. The molecule has 0 unspecified atom stereocenters. The van der Waals surface area contributed by atoms with Crippen molar-refractivity contribution in [2.75, 3.05) is 14.2 Å². The molecule has 2 aromatic carbocycles. The third-order valence-electron chi connectivity index (χ3n) is 2.63. The summed E-state index contributed by atoms with van der Waals surface area (Å²) >= 11 is 1.46. The zero-order valence-corrected chi connectivity index (χ0v) is 11.8. The molecule has 0 saturated carbocycles. The average molecular weight is 291 g/mol. The molecule has 6 heteroatoms. The van der Waals surface area contributed by atoms with Gasteiger partial charge in [0.05, 0.1) is 30.1 Å². The van der Waals surface area contributed by atoms with Crippen LogP contribution in [-0.2, 0) is 0 Å². The van der Waals surface area contributed by atoms with Gasteiger partial charge < -0.3 is 9.47 Å². The van der Waals surface area contributed by atoms with E-state index in [-0.39, 0.29) is 11.4 Å². The van der Waals surface area contributed by atoms with Crippen LogP contribution in [0, 0.1) is 10.1 Å². The number of rotatable bonds is 5. The zero-order valence-electron chi connectivity index (χ0n) is 11.0. The molecule has 0 saturated heterocycles. The minimum Gasteiger partial charge on any atom is -0.495 e. The lowest BCUT2D eigenvalue weighted by Crippen LogP contribution is -1.96. The van der Waals surface area contributed by atoms with Gasteiger partial charge in [-0.05, 0) is 12.1 Å². The SMILES string of the molecule is COc1cc([N+](=O)[O-])c(OC)cc1Sc1ccccc1. The molecule has 0 N–H and O–H groups in total. The van der Waals surface area contributed by atoms with E-state index in [0.717, 1.165) is 9.79 Å². The van der Waals surface area contributed by atoms with Crippen LogP contribution < -0.4 is 9.47 Å². The Balaban J connectivity index is 2.44. The van der Waals surface area contributed by atoms with Gasteiger partial charge in [-0.1, -0.05) is 30.0 Å². The lowest BCUT2D eigenvalue weighted by molar-refractivity contribution is -0.385. The predicted molar refractivity (Wildman–Crippen MR) is 76.8 cm³/mol. The third kappa shape index (κ3) is 3.03. The van der Waals surface area contributed by atoms with Crippen LogP contribution in [0.4, 0.5) is 5.69 Å². The Kier molecular flexibility index (Phi) is 4.47. The Bertz CT molecular complexity index is 616. The summed E-state index contributed by atoms with van der Waals surface area (Å²) < 4.78 is 10.3. The fourth-order valence-electron chi connectivity index (χ4n) is 1.69. The largest absolute Gasteiger partial charge is 0.495 e. The molecule has 0 aliphatic rings. The Labute approximate surface area is 120 Å². The molecule has 2 rings (SSSR count). The summed E-state index contributed by atoms with van der Waals surface area (Å²) in [7, 11) is 2.90. The molecule has 20 heavy (non-hydrogen) atoms. The van der Waals surface area contributed by atoms with Crippen LogP contribution in [0.2, 0.25) is 0 Å². The Morgan fingerprint density at radius 3 is 2.25 bits per heavy atom. The number of benzene rings is 2. The molecular formula is C14H13NO4S. The first-order chi connectivity index (χ1) is 9.65. The van der Waals surface area contributed by atoms with E-state index in [1.807, 2.05) is 30.3 Å². The summed E-state index contributed by atoms with van der Waals surface area (Å²) in [5.41, 5.74) is -0.109. The fraction of sp³-hybridized carbons (Fsp3) is 0.143. The Hall–Kier alpha value is -2.21. The number of nitrogens with zero attached hydrogens (tertiary/aromatic N) is 1. The van der Waals surface area contributed by atoms with Gasteiger partial charge in [0.25, 0.3) is 0 Å². The summed E-state index contributed by atoms with van der Waals surface area (Å²) in [6.45, 7) is 0. The van der Waals surface area contributed by atoms with Gasteiger partial charge in [0.1, 0.15) is 5.75 Å². The minimum absolute atomic E-state index is 0.109. The molecule has 2 aromatic rings. The number of ether oxygens (including phenoxy) is 2. The van der Waals surface area contributed by atoms with Gasteiger partial charge in [-0.25, -0.2) is 0 Å². The van der Waals surface area contributed by atoms with Gasteiger partial charge in [0, 0.05) is 11.0 Å². The monoisotopic (exact) mass is 291 g/mol. The van der Waals surface area contributed by atoms with E-state index in [9.17, 15) is 10.1 Å². The molecule has 104 valence electrons. The summed E-state index contributed by atoms with van der Waals surface area (Å²) in [6.07, 6.45) is 0. The third-order valence-corrected chi connectivity index (χ3v) is 3.68. The van der Waals surface area contributed by atoms with Crippen molar-refractivity contribution in [3.63, 3.8) is 0 Å². The molecule has 0 spiro atoms. The van der Waals surface area contributed by atoms with Gasteiger partial charge in [0.2, 0.25) is 0 Å². The number of nitro benzene ring substituents is 1. The highest BCUT2D eigenvalue weighted by Crippen LogP contribution is 2.41. The van der Waals surface area contributed by atoms with Crippen molar-refractivity contribution >= 4 is 17.4 Å². The van der Waals surface area contributed by atoms with E-state index in [2.05, 4.69) is 0 Å². The highest BCUT2D eigenvalue weighted by atomic mass is 32.2. The minimum atomic E-state index is -0.488. The fourth-order valence-corrected chi connectivity index (χ4v) is 2.65. The second-order valence-corrected chi connectivity index (χ2v) is 4.96. The highest BCUT2D eigenvalue weighted by Gasteiger charge is 2.20. The number of hydrogen-bond acceptors (Lipinski definition) is 5. The lowest BCUT2D eigenvalue weighted by Gasteiger charge is -2.10. The summed E-state index contributed by atoms with van der Waals surface area (Å²) in [5.74, 6) is 0.667. The zero-order chi connectivity index (χ0) is 14.5. The van der Waals surface area contributed by atoms with Crippen LogP contribution in [0.25, 0.3) is 0 Å². The first-order valence-corrected chi connectivity index (χ1v) is 6.60. The molecule has 0 radical (unpaired) electrons. The molecule has 0 aromatic heterocycles. The first-order valence-electron chi connectivity index (χ1n) is 5.79. The molecule has 0 aliphatic carbocycles. The second kappa shape index (κ2) is 6.29. The molecular weight excluding hydrogens is 278 g/mol. The van der Waals surface area contributed by atoms with Crippen molar-refractivity contribution in [2.45, 2.75) is 9.79 Å². The number of hydrogen-bond donors (Lipinski definition) is 0. The summed E-state index contributed by atoms with van der Waals surface area (Å²) in [4.78, 5) is 12.3. The van der Waals surface area contributed by atoms with E-state index in [4.69, 9.17) is 9.47 Å². The maximum absolute atomic E-state index is 11.0. The van der Waals surface area contributed by atoms with Crippen LogP contribution in [0.1, 0.15) is 0 Å². The maximum Gasteiger partial charge on any atom is 0.314 e. The van der Waals surface area contributed by atoms with Gasteiger partial charge >= 0.3 is 5.69 Å². The normalized spacial score (nSPS) is 10.1. The topological polar surface area (TPSA) is 61.6 Å². The molecule has 0 atom stereocenters. The summed E-state index contributed by atoms with van der Waals surface area (Å²) in [6, 6.07) is 12.7. The maximum atomic E-state index is 11.0. The quantitative estimate of drug-likeness (QED) is 0.620. The second-order valence-electron chi connectivity index (χ2n) is 3.85. The van der Waals surface area contributed by atoms with E-state index in [1.54, 1.807) is 6.07 Å². The van der Waals surface area contributed by atoms with Gasteiger partial charge in [0.15, 0.2) is 5.75 Å². The molecule has 0 amide bonds. The van der Waals surface area contributed by atoms with Crippen molar-refractivity contribution in [2.24, 2.45) is 0 Å². The van der Waals surface area contributed by atoms with Crippen molar-refractivity contribution in [1.82, 2.24) is 0 Å². The van der Waals surface area contributed by atoms with Gasteiger partial charge in [-0.3, -0.25) is 10.1 Å². The summed E-state index contributed by atoms with van der Waals surface area (Å²) in [5, 5.41) is 11.0. The van der Waals surface area contributed by atoms with Gasteiger partial charge in [-0.2, -0.15) is 0 Å². The highest BCUT2D eigenvalue weighted by molar-refractivity contribution is 7.99. The Morgan fingerprint density at radius 2 is 1.70 bits per heavy atom. The van der Waals surface area contributed by atoms with E-state index in [1.165, 1.54) is 32.0 Å². The molecule has 0 heterocycles. The van der Waals surface area contributed by atoms with Crippen molar-refractivity contribution in [1.29, 1.82) is 0 Å². The number of nitro groups is 1. The average Bonchev–Trinajstić information content (AvgIpc) is 2.47. The Morgan fingerprint density at radius 1 is 1.05 bits per heavy atom. The van der Waals surface area contributed by atoms with E-state index < -0.39 is 4.92 Å². The van der Waals surface area contributed by atoms with Crippen LogP contribution in [0.15, 0.2) is 52.3 Å². The smallest absolute Gasteiger partial charge is 0.314 e. The predicted octanol–water partition coefficient (Wildman–Crippen LogP) is 3.76. The van der Waals surface area contributed by atoms with Crippen LogP contribution in [-0.4, -0.2) is 19.1 Å².